The van der Waals surface area contributed by atoms with Crippen LogP contribution in [0.15, 0.2) is 79.1 Å². The van der Waals surface area contributed by atoms with Crippen molar-refractivity contribution in [3.63, 3.8) is 0 Å². The molecule has 2 aromatic carbocycles. The maximum absolute atomic E-state index is 12.6. The SMILES string of the molecule is O=C(NCC1CCCN(C(=O)Cc2cccnc2)C1)c1ccc(-c2ccccc2)cc1. The van der Waals surface area contributed by atoms with Crippen LogP contribution in [0.25, 0.3) is 11.1 Å². The second kappa shape index (κ2) is 10.0. The van der Waals surface area contributed by atoms with Gasteiger partial charge in [-0.2, -0.15) is 0 Å². The molecule has 5 nitrogen and oxygen atoms in total. The quantitative estimate of drug-likeness (QED) is 0.665. The topological polar surface area (TPSA) is 62.3 Å². The van der Waals surface area contributed by atoms with Gasteiger partial charge in [0.25, 0.3) is 5.91 Å². The standard InChI is InChI=1S/C26H27N3O2/c30-25(16-20-6-4-14-27-17-20)29-15-5-7-21(19-29)18-28-26(31)24-12-10-23(11-13-24)22-8-2-1-3-9-22/h1-4,6,8-14,17,21H,5,7,15-16,18-19H2,(H,28,31). The van der Waals surface area contributed by atoms with Crippen LogP contribution in [0.4, 0.5) is 0 Å². The van der Waals surface area contributed by atoms with E-state index in [-0.39, 0.29) is 17.7 Å². The molecule has 1 atom stereocenters. The number of piperidine rings is 1. The van der Waals surface area contributed by atoms with Crippen LogP contribution in [-0.4, -0.2) is 41.3 Å². The minimum absolute atomic E-state index is 0.0709. The van der Waals surface area contributed by atoms with E-state index in [0.717, 1.165) is 36.1 Å². The molecule has 1 fully saturated rings. The highest BCUT2D eigenvalue weighted by molar-refractivity contribution is 5.94. The molecular weight excluding hydrogens is 386 g/mol. The van der Waals surface area contributed by atoms with Gasteiger partial charge in [0.15, 0.2) is 0 Å². The Hall–Kier alpha value is -3.47. The molecule has 0 saturated carbocycles. The number of pyridine rings is 1. The van der Waals surface area contributed by atoms with Crippen molar-refractivity contribution in [2.45, 2.75) is 19.3 Å². The van der Waals surface area contributed by atoms with Crippen LogP contribution in [0, 0.1) is 5.92 Å². The highest BCUT2D eigenvalue weighted by Gasteiger charge is 2.24. The summed E-state index contributed by atoms with van der Waals surface area (Å²) in [7, 11) is 0. The van der Waals surface area contributed by atoms with Crippen molar-refractivity contribution in [1.29, 1.82) is 0 Å². The molecule has 2 amide bonds. The predicted octanol–water partition coefficient (Wildman–Crippen LogP) is 3.96. The fraction of sp³-hybridized carbons (Fsp3) is 0.269. The fourth-order valence-corrected chi connectivity index (χ4v) is 4.03. The van der Waals surface area contributed by atoms with Gasteiger partial charge in [-0.15, -0.1) is 0 Å². The van der Waals surface area contributed by atoms with Gasteiger partial charge in [-0.1, -0.05) is 48.5 Å². The van der Waals surface area contributed by atoms with Gasteiger partial charge < -0.3 is 10.2 Å². The lowest BCUT2D eigenvalue weighted by Crippen LogP contribution is -2.44. The first-order valence-corrected chi connectivity index (χ1v) is 10.8. The van der Waals surface area contributed by atoms with Crippen molar-refractivity contribution < 1.29 is 9.59 Å². The minimum atomic E-state index is -0.0709. The Morgan fingerprint density at radius 1 is 0.968 bits per heavy atom. The van der Waals surface area contributed by atoms with Crippen molar-refractivity contribution in [3.05, 3.63) is 90.3 Å². The van der Waals surface area contributed by atoms with E-state index in [1.807, 2.05) is 59.5 Å². The number of benzene rings is 2. The van der Waals surface area contributed by atoms with E-state index in [4.69, 9.17) is 0 Å². The lowest BCUT2D eigenvalue weighted by Gasteiger charge is -2.33. The van der Waals surface area contributed by atoms with Crippen LogP contribution in [0.5, 0.6) is 0 Å². The first-order chi connectivity index (χ1) is 15.2. The normalized spacial score (nSPS) is 16.0. The monoisotopic (exact) mass is 413 g/mol. The third kappa shape index (κ3) is 5.57. The Bertz CT molecular complexity index is 1000. The molecule has 1 aliphatic heterocycles. The molecule has 5 heteroatoms. The van der Waals surface area contributed by atoms with Crippen LogP contribution in [-0.2, 0) is 11.2 Å². The second-order valence-corrected chi connectivity index (χ2v) is 8.04. The smallest absolute Gasteiger partial charge is 0.251 e. The molecule has 31 heavy (non-hydrogen) atoms. The van der Waals surface area contributed by atoms with E-state index >= 15 is 0 Å². The van der Waals surface area contributed by atoms with Gasteiger partial charge in [0, 0.05) is 37.6 Å². The van der Waals surface area contributed by atoms with Crippen LogP contribution < -0.4 is 5.32 Å². The number of rotatable bonds is 6. The molecule has 1 unspecified atom stereocenters. The Morgan fingerprint density at radius 3 is 2.48 bits per heavy atom. The number of amides is 2. The van der Waals surface area contributed by atoms with E-state index in [2.05, 4.69) is 22.4 Å². The third-order valence-corrected chi connectivity index (χ3v) is 5.76. The number of hydrogen-bond acceptors (Lipinski definition) is 3. The fourth-order valence-electron chi connectivity index (χ4n) is 4.03. The zero-order valence-corrected chi connectivity index (χ0v) is 17.5. The number of carbonyl (C=O) groups is 2. The summed E-state index contributed by atoms with van der Waals surface area (Å²) in [5, 5.41) is 3.05. The predicted molar refractivity (Wildman–Crippen MR) is 121 cm³/mol. The molecule has 158 valence electrons. The van der Waals surface area contributed by atoms with Crippen molar-refractivity contribution in [2.75, 3.05) is 19.6 Å². The van der Waals surface area contributed by atoms with Gasteiger partial charge in [-0.3, -0.25) is 14.6 Å². The van der Waals surface area contributed by atoms with Crippen LogP contribution in [0.3, 0.4) is 0 Å². The highest BCUT2D eigenvalue weighted by atomic mass is 16.2. The lowest BCUT2D eigenvalue weighted by atomic mass is 9.97. The summed E-state index contributed by atoms with van der Waals surface area (Å²) >= 11 is 0. The molecule has 0 radical (unpaired) electrons. The average Bonchev–Trinajstić information content (AvgIpc) is 2.84. The average molecular weight is 414 g/mol. The molecule has 1 saturated heterocycles. The van der Waals surface area contributed by atoms with Crippen LogP contribution in [0.2, 0.25) is 0 Å². The summed E-state index contributed by atoms with van der Waals surface area (Å²) < 4.78 is 0. The van der Waals surface area contributed by atoms with Crippen molar-refractivity contribution in [2.24, 2.45) is 5.92 Å². The number of likely N-dealkylation sites (tertiary alicyclic amines) is 1. The van der Waals surface area contributed by atoms with E-state index in [0.29, 0.717) is 25.1 Å². The van der Waals surface area contributed by atoms with Gasteiger partial charge >= 0.3 is 0 Å². The first kappa shape index (κ1) is 20.8. The minimum Gasteiger partial charge on any atom is -0.352 e. The summed E-state index contributed by atoms with van der Waals surface area (Å²) in [4.78, 5) is 31.2. The Labute approximate surface area is 183 Å². The summed E-state index contributed by atoms with van der Waals surface area (Å²) in [6.45, 7) is 2.05. The summed E-state index contributed by atoms with van der Waals surface area (Å²) in [5.41, 5.74) is 3.81. The molecule has 0 bridgehead atoms. The van der Waals surface area contributed by atoms with Crippen molar-refractivity contribution >= 4 is 11.8 Å². The lowest BCUT2D eigenvalue weighted by molar-refractivity contribution is -0.132. The molecule has 1 aliphatic rings. The van der Waals surface area contributed by atoms with E-state index < -0.39 is 0 Å². The summed E-state index contributed by atoms with van der Waals surface area (Å²) in [6, 6.07) is 21.6. The van der Waals surface area contributed by atoms with Gasteiger partial charge in [0.2, 0.25) is 5.91 Å². The third-order valence-electron chi connectivity index (χ3n) is 5.76. The molecule has 1 N–H and O–H groups in total. The largest absolute Gasteiger partial charge is 0.352 e. The molecule has 2 heterocycles. The second-order valence-electron chi connectivity index (χ2n) is 8.04. The Kier molecular flexibility index (Phi) is 6.72. The highest BCUT2D eigenvalue weighted by Crippen LogP contribution is 2.20. The molecule has 1 aromatic heterocycles. The summed E-state index contributed by atoms with van der Waals surface area (Å²) in [5.74, 6) is 0.332. The van der Waals surface area contributed by atoms with Crippen LogP contribution in [0.1, 0.15) is 28.8 Å². The Morgan fingerprint density at radius 2 is 1.74 bits per heavy atom. The van der Waals surface area contributed by atoms with Gasteiger partial charge in [0.1, 0.15) is 0 Å². The van der Waals surface area contributed by atoms with Crippen molar-refractivity contribution in [1.82, 2.24) is 15.2 Å². The van der Waals surface area contributed by atoms with Gasteiger partial charge in [-0.25, -0.2) is 0 Å². The zero-order chi connectivity index (χ0) is 21.5. The first-order valence-electron chi connectivity index (χ1n) is 10.8. The van der Waals surface area contributed by atoms with E-state index in [1.54, 1.807) is 12.4 Å². The summed E-state index contributed by atoms with van der Waals surface area (Å²) in [6.07, 6.45) is 5.81. The molecule has 4 rings (SSSR count). The van der Waals surface area contributed by atoms with E-state index in [1.165, 1.54) is 0 Å². The number of carbonyl (C=O) groups excluding carboxylic acids is 2. The number of hydrogen-bond donors (Lipinski definition) is 1. The number of nitrogens with zero attached hydrogens (tertiary/aromatic N) is 2. The Balaban J connectivity index is 1.28. The number of aromatic nitrogens is 1. The van der Waals surface area contributed by atoms with Gasteiger partial charge in [0.05, 0.1) is 6.42 Å². The maximum atomic E-state index is 12.6. The van der Waals surface area contributed by atoms with Crippen LogP contribution >= 0.6 is 0 Å². The van der Waals surface area contributed by atoms with Gasteiger partial charge in [-0.05, 0) is 53.6 Å². The zero-order valence-electron chi connectivity index (χ0n) is 17.5. The molecule has 0 aliphatic carbocycles. The molecular formula is C26H27N3O2. The van der Waals surface area contributed by atoms with E-state index in [9.17, 15) is 9.59 Å². The van der Waals surface area contributed by atoms with Crippen molar-refractivity contribution in [3.8, 4) is 11.1 Å². The molecule has 0 spiro atoms. The molecule has 3 aromatic rings. The maximum Gasteiger partial charge on any atom is 0.251 e. The number of nitrogens with one attached hydrogen (secondary N) is 1.